The first-order valence-electron chi connectivity index (χ1n) is 13.7. The van der Waals surface area contributed by atoms with Gasteiger partial charge in [0.05, 0.1) is 15.5 Å². The highest BCUT2D eigenvalue weighted by molar-refractivity contribution is 8.02. The third-order valence-electron chi connectivity index (χ3n) is 7.45. The topological polar surface area (TPSA) is 71.1 Å². The maximum Gasteiger partial charge on any atom is 0.234 e. The van der Waals surface area contributed by atoms with E-state index in [1.807, 2.05) is 0 Å². The van der Waals surface area contributed by atoms with Crippen LogP contribution in [-0.4, -0.2) is 34.1 Å². The van der Waals surface area contributed by atoms with Crippen molar-refractivity contribution in [2.24, 2.45) is 5.41 Å². The summed E-state index contributed by atoms with van der Waals surface area (Å²) in [4.78, 5) is 31.0. The van der Waals surface area contributed by atoms with Gasteiger partial charge in [0.25, 0.3) is 0 Å². The molecule has 7 heteroatoms. The first-order valence-corrected chi connectivity index (χ1v) is 15.4. The summed E-state index contributed by atoms with van der Waals surface area (Å²) >= 11 is 3.08. The monoisotopic (exact) mass is 529 g/mol. The van der Waals surface area contributed by atoms with Gasteiger partial charge < -0.3 is 10.6 Å². The van der Waals surface area contributed by atoms with E-state index in [0.29, 0.717) is 0 Å². The van der Waals surface area contributed by atoms with Gasteiger partial charge in [0, 0.05) is 18.5 Å². The Morgan fingerprint density at radius 3 is 2.22 bits per heavy atom. The summed E-state index contributed by atoms with van der Waals surface area (Å²) in [5.41, 5.74) is 2.58. The quantitative estimate of drug-likeness (QED) is 0.344. The van der Waals surface area contributed by atoms with Crippen LogP contribution in [0, 0.1) is 5.41 Å². The third-order valence-corrected chi connectivity index (χ3v) is 9.76. The van der Waals surface area contributed by atoms with Gasteiger partial charge in [-0.2, -0.15) is 0 Å². The lowest BCUT2D eigenvalue weighted by Gasteiger charge is -2.33. The van der Waals surface area contributed by atoms with E-state index in [-0.39, 0.29) is 41.1 Å². The Morgan fingerprint density at radius 1 is 1.00 bits per heavy atom. The SMILES string of the molecule is CC(C)(C)CC(C)(C)c1ccc2nc(SC(CC(=O)NC3CCCC3)C(=O)NC3CCCC3)sc2c1. The van der Waals surface area contributed by atoms with Crippen molar-refractivity contribution >= 4 is 45.1 Å². The highest BCUT2D eigenvalue weighted by atomic mass is 32.2. The average molecular weight is 530 g/mol. The van der Waals surface area contributed by atoms with E-state index in [1.54, 1.807) is 11.3 Å². The second kappa shape index (κ2) is 11.4. The molecule has 0 spiro atoms. The zero-order valence-electron chi connectivity index (χ0n) is 22.6. The van der Waals surface area contributed by atoms with Crippen LogP contribution in [0.5, 0.6) is 0 Å². The van der Waals surface area contributed by atoms with E-state index in [0.717, 1.165) is 59.5 Å². The molecule has 0 bridgehead atoms. The molecule has 2 fully saturated rings. The molecule has 1 atom stereocenters. The summed E-state index contributed by atoms with van der Waals surface area (Å²) < 4.78 is 2.00. The van der Waals surface area contributed by atoms with Gasteiger partial charge in [-0.3, -0.25) is 9.59 Å². The summed E-state index contributed by atoms with van der Waals surface area (Å²) in [5.74, 6) is -0.0481. The van der Waals surface area contributed by atoms with Crippen LogP contribution in [0.15, 0.2) is 22.5 Å². The molecule has 2 saturated carbocycles. The first-order chi connectivity index (χ1) is 17.0. The van der Waals surface area contributed by atoms with E-state index in [9.17, 15) is 9.59 Å². The fourth-order valence-corrected chi connectivity index (χ4v) is 8.35. The number of hydrogen-bond donors (Lipinski definition) is 2. The van der Waals surface area contributed by atoms with E-state index < -0.39 is 5.25 Å². The smallest absolute Gasteiger partial charge is 0.234 e. The molecule has 0 radical (unpaired) electrons. The van der Waals surface area contributed by atoms with E-state index in [2.05, 4.69) is 63.5 Å². The molecular weight excluding hydrogens is 486 g/mol. The summed E-state index contributed by atoms with van der Waals surface area (Å²) in [6.07, 6.45) is 10.1. The van der Waals surface area contributed by atoms with Gasteiger partial charge in [-0.1, -0.05) is 78.1 Å². The van der Waals surface area contributed by atoms with Crippen LogP contribution < -0.4 is 10.6 Å². The van der Waals surface area contributed by atoms with Crippen LogP contribution >= 0.6 is 23.1 Å². The molecule has 2 aliphatic rings. The third kappa shape index (κ3) is 7.47. The molecule has 5 nitrogen and oxygen atoms in total. The standard InChI is InChI=1S/C29H43N3O2S2/c1-28(2,3)18-29(4,5)19-14-15-22-23(16-19)35-27(32-22)36-24(26(34)31-21-12-8-9-13-21)17-25(33)30-20-10-6-7-11-20/h14-16,20-21,24H,6-13,17-18H2,1-5H3,(H,30,33)(H,31,34). The van der Waals surface area contributed by atoms with Gasteiger partial charge in [-0.05, 0) is 60.6 Å². The summed E-state index contributed by atoms with van der Waals surface area (Å²) in [6.45, 7) is 11.5. The number of fused-ring (bicyclic) bond motifs is 1. The average Bonchev–Trinajstić information content (AvgIpc) is 3.53. The number of rotatable bonds is 9. The number of nitrogens with one attached hydrogen (secondary N) is 2. The Bertz CT molecular complexity index is 1060. The minimum atomic E-state index is -0.468. The van der Waals surface area contributed by atoms with Crippen LogP contribution in [0.25, 0.3) is 10.2 Å². The van der Waals surface area contributed by atoms with E-state index in [4.69, 9.17) is 4.98 Å². The Morgan fingerprint density at radius 2 is 1.61 bits per heavy atom. The zero-order valence-corrected chi connectivity index (χ0v) is 24.2. The molecule has 2 amide bonds. The predicted molar refractivity (Wildman–Crippen MR) is 152 cm³/mol. The number of thioether (sulfide) groups is 1. The molecule has 2 N–H and O–H groups in total. The molecular formula is C29H43N3O2S2. The molecule has 1 unspecified atom stereocenters. The second-order valence-electron chi connectivity index (χ2n) is 12.6. The van der Waals surface area contributed by atoms with Gasteiger partial charge in [0.2, 0.25) is 11.8 Å². The Hall–Kier alpha value is -1.60. The minimum absolute atomic E-state index is 0.0201. The van der Waals surface area contributed by atoms with Gasteiger partial charge in [0.15, 0.2) is 4.34 Å². The van der Waals surface area contributed by atoms with Crippen LogP contribution in [0.3, 0.4) is 0 Å². The van der Waals surface area contributed by atoms with Crippen molar-refractivity contribution in [3.05, 3.63) is 23.8 Å². The van der Waals surface area contributed by atoms with Crippen LogP contribution in [0.4, 0.5) is 0 Å². The van der Waals surface area contributed by atoms with Crippen molar-refractivity contribution in [3.8, 4) is 0 Å². The molecule has 36 heavy (non-hydrogen) atoms. The molecule has 4 rings (SSSR count). The zero-order chi connectivity index (χ0) is 25.9. The number of amides is 2. The molecule has 2 aliphatic carbocycles. The fraction of sp³-hybridized carbons (Fsp3) is 0.690. The number of thiazole rings is 1. The van der Waals surface area contributed by atoms with Gasteiger partial charge in [-0.25, -0.2) is 4.98 Å². The van der Waals surface area contributed by atoms with Gasteiger partial charge >= 0.3 is 0 Å². The molecule has 198 valence electrons. The number of carbonyl (C=O) groups excluding carboxylic acids is 2. The van der Waals surface area contributed by atoms with Crippen molar-refractivity contribution in [1.29, 1.82) is 0 Å². The van der Waals surface area contributed by atoms with Crippen molar-refractivity contribution in [3.63, 3.8) is 0 Å². The van der Waals surface area contributed by atoms with Crippen molar-refractivity contribution in [2.75, 3.05) is 0 Å². The number of aromatic nitrogens is 1. The summed E-state index contributed by atoms with van der Waals surface area (Å²) in [5, 5.41) is 5.92. The molecule has 0 saturated heterocycles. The van der Waals surface area contributed by atoms with Crippen LogP contribution in [-0.2, 0) is 15.0 Å². The van der Waals surface area contributed by atoms with Gasteiger partial charge in [0.1, 0.15) is 0 Å². The number of benzene rings is 1. The lowest BCUT2D eigenvalue weighted by atomic mass is 9.72. The minimum Gasteiger partial charge on any atom is -0.353 e. The van der Waals surface area contributed by atoms with E-state index >= 15 is 0 Å². The lowest BCUT2D eigenvalue weighted by molar-refractivity contribution is -0.126. The number of hydrogen-bond acceptors (Lipinski definition) is 5. The Labute approximate surface area is 225 Å². The van der Waals surface area contributed by atoms with Crippen LogP contribution in [0.2, 0.25) is 0 Å². The van der Waals surface area contributed by atoms with Crippen molar-refractivity contribution in [2.45, 2.75) is 126 Å². The van der Waals surface area contributed by atoms with Crippen molar-refractivity contribution in [1.82, 2.24) is 15.6 Å². The highest BCUT2D eigenvalue weighted by Crippen LogP contribution is 2.39. The molecule has 1 heterocycles. The summed E-state index contributed by atoms with van der Waals surface area (Å²) in [7, 11) is 0. The lowest BCUT2D eigenvalue weighted by Crippen LogP contribution is -2.42. The number of nitrogens with zero attached hydrogens (tertiary/aromatic N) is 1. The molecule has 2 aromatic rings. The number of carbonyl (C=O) groups is 2. The first kappa shape index (κ1) is 27.4. The summed E-state index contributed by atoms with van der Waals surface area (Å²) in [6, 6.07) is 7.07. The predicted octanol–water partition coefficient (Wildman–Crippen LogP) is 6.98. The van der Waals surface area contributed by atoms with Crippen LogP contribution in [0.1, 0.15) is 104 Å². The van der Waals surface area contributed by atoms with E-state index in [1.165, 1.54) is 30.2 Å². The fourth-order valence-electron chi connectivity index (χ4n) is 6.00. The maximum atomic E-state index is 13.3. The Balaban J connectivity index is 1.50. The molecule has 1 aromatic heterocycles. The Kier molecular flexibility index (Phi) is 8.71. The largest absolute Gasteiger partial charge is 0.353 e. The highest BCUT2D eigenvalue weighted by Gasteiger charge is 2.30. The van der Waals surface area contributed by atoms with Crippen molar-refractivity contribution < 1.29 is 9.59 Å². The molecule has 0 aliphatic heterocycles. The second-order valence-corrected chi connectivity index (χ2v) is 15.1. The molecule has 1 aromatic carbocycles. The maximum absolute atomic E-state index is 13.3. The normalized spacial score (nSPS) is 18.6. The van der Waals surface area contributed by atoms with Gasteiger partial charge in [-0.15, -0.1) is 11.3 Å².